The van der Waals surface area contributed by atoms with Crippen molar-refractivity contribution in [1.29, 1.82) is 0 Å². The summed E-state index contributed by atoms with van der Waals surface area (Å²) in [4.78, 5) is 20.5. The van der Waals surface area contributed by atoms with Crippen molar-refractivity contribution in [3.63, 3.8) is 0 Å². The van der Waals surface area contributed by atoms with Crippen LogP contribution in [0.4, 0.5) is 17.3 Å². The number of carbonyl (C=O) groups excluding carboxylic acids is 1. The molecule has 1 heterocycles. The van der Waals surface area contributed by atoms with E-state index in [1.54, 1.807) is 38.5 Å². The number of anilines is 3. The van der Waals surface area contributed by atoms with Crippen molar-refractivity contribution in [2.24, 2.45) is 0 Å². The largest absolute Gasteiger partial charge is 0.493 e. The molecule has 3 rings (SSSR count). The highest BCUT2D eigenvalue weighted by Crippen LogP contribution is 2.28. The Morgan fingerprint density at radius 2 is 1.74 bits per heavy atom. The second-order valence-corrected chi connectivity index (χ2v) is 7.35. The number of hydrogen-bond donors (Lipinski definition) is 4. The molecule has 9 nitrogen and oxygen atoms in total. The Morgan fingerprint density at radius 1 is 1.03 bits per heavy atom. The summed E-state index contributed by atoms with van der Waals surface area (Å²) in [7, 11) is 3.20. The van der Waals surface area contributed by atoms with Crippen molar-refractivity contribution in [2.75, 3.05) is 37.2 Å². The van der Waals surface area contributed by atoms with Crippen LogP contribution in [0.5, 0.6) is 11.5 Å². The Kier molecular flexibility index (Phi) is 7.50. The molecule has 0 aliphatic heterocycles. The molecule has 1 amide bonds. The maximum Gasteiger partial charge on any atom is 0.269 e. The van der Waals surface area contributed by atoms with Crippen LogP contribution in [0.2, 0.25) is 0 Å². The number of benzene rings is 2. The molecule has 10 heteroatoms. The monoisotopic (exact) mass is 486 g/mol. The molecule has 0 spiro atoms. The van der Waals surface area contributed by atoms with Crippen LogP contribution < -0.4 is 31.4 Å². The summed E-state index contributed by atoms with van der Waals surface area (Å²) in [6.07, 6.45) is 2.08. The first-order valence-corrected chi connectivity index (χ1v) is 10.2. The van der Waals surface area contributed by atoms with Gasteiger partial charge in [-0.05, 0) is 48.4 Å². The number of aromatic nitrogens is 2. The van der Waals surface area contributed by atoms with E-state index in [0.29, 0.717) is 47.4 Å². The van der Waals surface area contributed by atoms with Gasteiger partial charge in [-0.1, -0.05) is 22.0 Å². The minimum atomic E-state index is -0.312. The molecular formula is C21H23BrN6O3. The van der Waals surface area contributed by atoms with E-state index in [2.05, 4.69) is 42.1 Å². The van der Waals surface area contributed by atoms with E-state index in [-0.39, 0.29) is 5.91 Å². The van der Waals surface area contributed by atoms with Crippen LogP contribution in [0.1, 0.15) is 15.9 Å². The molecule has 2 aromatic carbocycles. The average molecular weight is 487 g/mol. The average Bonchev–Trinajstić information content (AvgIpc) is 2.79. The lowest BCUT2D eigenvalue weighted by Crippen LogP contribution is -2.30. The van der Waals surface area contributed by atoms with E-state index < -0.39 is 0 Å². The van der Waals surface area contributed by atoms with Crippen molar-refractivity contribution in [3.05, 3.63) is 64.4 Å². The molecule has 0 unspecified atom stereocenters. The van der Waals surface area contributed by atoms with E-state index >= 15 is 0 Å². The van der Waals surface area contributed by atoms with Crippen molar-refractivity contribution < 1.29 is 14.3 Å². The van der Waals surface area contributed by atoms with Gasteiger partial charge in [0.25, 0.3) is 5.91 Å². The van der Waals surface area contributed by atoms with Gasteiger partial charge in [0, 0.05) is 16.6 Å². The van der Waals surface area contributed by atoms with E-state index in [0.717, 1.165) is 10.0 Å². The molecule has 1 aromatic heterocycles. The zero-order valence-electron chi connectivity index (χ0n) is 17.1. The van der Waals surface area contributed by atoms with Gasteiger partial charge in [0.1, 0.15) is 12.0 Å². The SMILES string of the molecule is COc1ccc(CCNc2ncnc(NNC(=O)c3ccc(Br)cc3)c2N)cc1OC. The Bertz CT molecular complexity index is 1050. The normalized spacial score (nSPS) is 10.3. The summed E-state index contributed by atoms with van der Waals surface area (Å²) in [6.45, 7) is 0.585. The van der Waals surface area contributed by atoms with Gasteiger partial charge >= 0.3 is 0 Å². The molecule has 0 radical (unpaired) electrons. The van der Waals surface area contributed by atoms with Crippen LogP contribution in [0.15, 0.2) is 53.3 Å². The summed E-state index contributed by atoms with van der Waals surface area (Å²) < 4.78 is 11.5. The minimum Gasteiger partial charge on any atom is -0.493 e. The number of nitrogens with two attached hydrogens (primary N) is 1. The Labute approximate surface area is 188 Å². The predicted octanol–water partition coefficient (Wildman–Crippen LogP) is 3.25. The van der Waals surface area contributed by atoms with Crippen LogP contribution in [0.3, 0.4) is 0 Å². The van der Waals surface area contributed by atoms with Crippen LogP contribution in [0.25, 0.3) is 0 Å². The van der Waals surface area contributed by atoms with Gasteiger partial charge in [-0.2, -0.15) is 0 Å². The Morgan fingerprint density at radius 3 is 2.45 bits per heavy atom. The van der Waals surface area contributed by atoms with Gasteiger partial charge in [-0.15, -0.1) is 0 Å². The molecule has 0 aliphatic rings. The predicted molar refractivity (Wildman–Crippen MR) is 123 cm³/mol. The first kappa shape index (κ1) is 22.2. The van der Waals surface area contributed by atoms with Crippen molar-refractivity contribution in [1.82, 2.24) is 15.4 Å². The number of carbonyl (C=O) groups is 1. The van der Waals surface area contributed by atoms with E-state index in [4.69, 9.17) is 15.2 Å². The maximum atomic E-state index is 12.2. The third kappa shape index (κ3) is 5.76. The van der Waals surface area contributed by atoms with E-state index in [1.165, 1.54) is 6.33 Å². The number of nitrogen functional groups attached to an aromatic ring is 1. The van der Waals surface area contributed by atoms with Crippen LogP contribution >= 0.6 is 15.9 Å². The lowest BCUT2D eigenvalue weighted by atomic mass is 10.1. The molecule has 0 aliphatic carbocycles. The summed E-state index contributed by atoms with van der Waals surface area (Å²) in [5.41, 5.74) is 13.3. The summed E-state index contributed by atoms with van der Waals surface area (Å²) in [5, 5.41) is 3.19. The van der Waals surface area contributed by atoms with Crippen molar-refractivity contribution >= 4 is 39.2 Å². The molecule has 5 N–H and O–H groups in total. The maximum absolute atomic E-state index is 12.2. The summed E-state index contributed by atoms with van der Waals surface area (Å²) in [5.74, 6) is 1.81. The third-order valence-corrected chi connectivity index (χ3v) is 4.97. The molecule has 0 saturated carbocycles. The highest BCUT2D eigenvalue weighted by molar-refractivity contribution is 9.10. The number of ether oxygens (including phenoxy) is 2. The molecule has 0 saturated heterocycles. The Balaban J connectivity index is 1.58. The highest BCUT2D eigenvalue weighted by atomic mass is 79.9. The van der Waals surface area contributed by atoms with Gasteiger partial charge < -0.3 is 20.5 Å². The van der Waals surface area contributed by atoms with Crippen molar-refractivity contribution in [3.8, 4) is 11.5 Å². The minimum absolute atomic E-state index is 0.297. The zero-order valence-corrected chi connectivity index (χ0v) is 18.7. The first-order valence-electron chi connectivity index (χ1n) is 9.39. The fourth-order valence-corrected chi connectivity index (χ4v) is 3.05. The second-order valence-electron chi connectivity index (χ2n) is 6.44. The number of halogens is 1. The van der Waals surface area contributed by atoms with Crippen LogP contribution in [-0.4, -0.2) is 36.6 Å². The fourth-order valence-electron chi connectivity index (χ4n) is 2.79. The van der Waals surface area contributed by atoms with Gasteiger partial charge in [0.15, 0.2) is 23.1 Å². The fraction of sp³-hybridized carbons (Fsp3) is 0.190. The van der Waals surface area contributed by atoms with Gasteiger partial charge in [-0.3, -0.25) is 15.6 Å². The number of amides is 1. The van der Waals surface area contributed by atoms with Gasteiger partial charge in [0.05, 0.1) is 14.2 Å². The topological polar surface area (TPSA) is 123 Å². The number of methoxy groups -OCH3 is 2. The lowest BCUT2D eigenvalue weighted by molar-refractivity contribution is 0.0962. The highest BCUT2D eigenvalue weighted by Gasteiger charge is 2.11. The molecule has 162 valence electrons. The quantitative estimate of drug-likeness (QED) is 0.339. The van der Waals surface area contributed by atoms with Gasteiger partial charge in [-0.25, -0.2) is 9.97 Å². The van der Waals surface area contributed by atoms with Crippen LogP contribution in [0, 0.1) is 0 Å². The van der Waals surface area contributed by atoms with Gasteiger partial charge in [0.2, 0.25) is 0 Å². The van der Waals surface area contributed by atoms with E-state index in [9.17, 15) is 4.79 Å². The Hall–Kier alpha value is -3.53. The van der Waals surface area contributed by atoms with E-state index in [1.807, 2.05) is 18.2 Å². The van der Waals surface area contributed by atoms with Crippen LogP contribution in [-0.2, 0) is 6.42 Å². The molecule has 0 bridgehead atoms. The zero-order chi connectivity index (χ0) is 22.2. The molecular weight excluding hydrogens is 464 g/mol. The summed E-state index contributed by atoms with van der Waals surface area (Å²) in [6, 6.07) is 12.7. The second kappa shape index (κ2) is 10.5. The number of nitrogens with one attached hydrogen (secondary N) is 3. The molecule has 0 fully saturated rings. The molecule has 3 aromatic rings. The number of nitrogens with zero attached hydrogens (tertiary/aromatic N) is 2. The third-order valence-electron chi connectivity index (χ3n) is 4.44. The number of hydrazine groups is 1. The molecule has 31 heavy (non-hydrogen) atoms. The summed E-state index contributed by atoms with van der Waals surface area (Å²) >= 11 is 3.34. The first-order chi connectivity index (χ1) is 15.0. The number of hydrogen-bond acceptors (Lipinski definition) is 8. The standard InChI is InChI=1S/C21H23BrN6O3/c1-30-16-8-3-13(11-17(16)31-2)9-10-24-19-18(23)20(26-12-25-19)27-28-21(29)14-4-6-15(22)7-5-14/h3-8,11-12H,9-10,23H2,1-2H3,(H,28,29)(H2,24,25,26,27). The number of rotatable bonds is 9. The lowest BCUT2D eigenvalue weighted by Gasteiger charge is -2.14. The van der Waals surface area contributed by atoms with Crippen molar-refractivity contribution in [2.45, 2.75) is 6.42 Å². The molecule has 0 atom stereocenters. The smallest absolute Gasteiger partial charge is 0.269 e.